The summed E-state index contributed by atoms with van der Waals surface area (Å²) in [6.45, 7) is 2.64. The zero-order valence-electron chi connectivity index (χ0n) is 20.1. The molecule has 0 saturated carbocycles. The van der Waals surface area contributed by atoms with E-state index in [0.717, 1.165) is 77.7 Å². The van der Waals surface area contributed by atoms with Crippen molar-refractivity contribution in [1.82, 2.24) is 14.7 Å². The zero-order valence-corrected chi connectivity index (χ0v) is 20.1. The average molecular weight is 467 g/mol. The second-order valence-electron chi connectivity index (χ2n) is 9.77. The summed E-state index contributed by atoms with van der Waals surface area (Å²) in [6.07, 6.45) is 5.56. The summed E-state index contributed by atoms with van der Waals surface area (Å²) < 4.78 is 14.2. The van der Waals surface area contributed by atoms with Gasteiger partial charge in [0.15, 0.2) is 6.23 Å². The SMILES string of the molecule is CN1CCC[C@@H]1COc1ccc2cc(-c3nn(C4CCCCO4)c4ccc(C#N)cc34)ccc2c1. The average Bonchev–Trinajstić information content (AvgIpc) is 3.50. The van der Waals surface area contributed by atoms with Gasteiger partial charge in [-0.3, -0.25) is 0 Å². The van der Waals surface area contributed by atoms with Crippen LogP contribution in [0.15, 0.2) is 54.6 Å². The van der Waals surface area contributed by atoms with Gasteiger partial charge in [-0.1, -0.05) is 18.2 Å². The van der Waals surface area contributed by atoms with Crippen LogP contribution in [0.1, 0.15) is 43.9 Å². The van der Waals surface area contributed by atoms with Crippen molar-refractivity contribution < 1.29 is 9.47 Å². The van der Waals surface area contributed by atoms with Crippen molar-refractivity contribution in [2.24, 2.45) is 0 Å². The Morgan fingerprint density at radius 2 is 1.91 bits per heavy atom. The molecule has 1 aromatic heterocycles. The van der Waals surface area contributed by atoms with E-state index >= 15 is 0 Å². The number of aromatic nitrogens is 2. The van der Waals surface area contributed by atoms with Crippen molar-refractivity contribution in [3.63, 3.8) is 0 Å². The Kier molecular flexibility index (Phi) is 5.89. The lowest BCUT2D eigenvalue weighted by molar-refractivity contribution is -0.0365. The minimum absolute atomic E-state index is 0.0630. The van der Waals surface area contributed by atoms with E-state index in [1.54, 1.807) is 0 Å². The number of rotatable bonds is 5. The molecule has 0 radical (unpaired) electrons. The number of nitriles is 1. The molecule has 6 heteroatoms. The van der Waals surface area contributed by atoms with E-state index in [1.165, 1.54) is 12.8 Å². The number of likely N-dealkylation sites (N-methyl/N-ethyl adjacent to an activating group) is 1. The smallest absolute Gasteiger partial charge is 0.150 e. The molecule has 2 fully saturated rings. The van der Waals surface area contributed by atoms with Crippen LogP contribution in [0.4, 0.5) is 0 Å². The number of nitrogens with zero attached hydrogens (tertiary/aromatic N) is 4. The first-order valence-electron chi connectivity index (χ1n) is 12.6. The Morgan fingerprint density at radius 3 is 2.71 bits per heavy atom. The molecule has 0 N–H and O–H groups in total. The maximum Gasteiger partial charge on any atom is 0.150 e. The molecule has 1 unspecified atom stereocenters. The van der Waals surface area contributed by atoms with Gasteiger partial charge in [0.2, 0.25) is 0 Å². The molecule has 6 rings (SSSR count). The fourth-order valence-corrected chi connectivity index (χ4v) is 5.40. The molecule has 6 nitrogen and oxygen atoms in total. The maximum atomic E-state index is 9.49. The van der Waals surface area contributed by atoms with Gasteiger partial charge in [0.25, 0.3) is 0 Å². The summed E-state index contributed by atoms with van der Waals surface area (Å²) in [4.78, 5) is 2.38. The van der Waals surface area contributed by atoms with Crippen LogP contribution in [0.25, 0.3) is 32.9 Å². The first kappa shape index (κ1) is 22.1. The number of hydrogen-bond acceptors (Lipinski definition) is 5. The highest BCUT2D eigenvalue weighted by molar-refractivity contribution is 5.97. The second kappa shape index (κ2) is 9.33. The number of ether oxygens (including phenoxy) is 2. The van der Waals surface area contributed by atoms with Crippen molar-refractivity contribution in [2.75, 3.05) is 26.8 Å². The van der Waals surface area contributed by atoms with Crippen molar-refractivity contribution in [3.8, 4) is 23.1 Å². The molecule has 0 spiro atoms. The molecule has 3 aromatic carbocycles. The predicted molar refractivity (Wildman–Crippen MR) is 137 cm³/mol. The van der Waals surface area contributed by atoms with Crippen LogP contribution in [0.2, 0.25) is 0 Å². The predicted octanol–water partition coefficient (Wildman–Crippen LogP) is 5.90. The lowest BCUT2D eigenvalue weighted by Crippen LogP contribution is -2.30. The summed E-state index contributed by atoms with van der Waals surface area (Å²) in [7, 11) is 2.17. The molecule has 3 heterocycles. The fraction of sp³-hybridized carbons (Fsp3) is 0.379. The highest BCUT2D eigenvalue weighted by atomic mass is 16.5. The zero-order chi connectivity index (χ0) is 23.8. The standard InChI is InChI=1S/C29H30N4O2/c1-32-13-4-5-24(32)19-35-25-11-10-21-16-23(9-8-22(21)17-25)29-26-15-20(18-30)7-12-27(26)33(31-29)28-6-2-3-14-34-28/h7-12,15-17,24,28H,2-6,13-14,19H2,1H3/t24-,28?/m1/s1. The second-order valence-corrected chi connectivity index (χ2v) is 9.77. The molecule has 2 aliphatic rings. The van der Waals surface area contributed by atoms with Gasteiger partial charge in [0, 0.05) is 23.6 Å². The Balaban J connectivity index is 1.34. The molecule has 0 amide bonds. The van der Waals surface area contributed by atoms with Crippen LogP contribution in [-0.2, 0) is 4.74 Å². The Morgan fingerprint density at radius 1 is 1.03 bits per heavy atom. The Bertz CT molecular complexity index is 1410. The van der Waals surface area contributed by atoms with Crippen LogP contribution in [-0.4, -0.2) is 47.5 Å². The molecular formula is C29H30N4O2. The highest BCUT2D eigenvalue weighted by Crippen LogP contribution is 2.35. The Hall–Kier alpha value is -3.40. The summed E-state index contributed by atoms with van der Waals surface area (Å²) in [6, 6.07) is 21.3. The lowest BCUT2D eigenvalue weighted by atomic mass is 10.0. The molecular weight excluding hydrogens is 436 g/mol. The number of likely N-dealkylation sites (tertiary alicyclic amines) is 1. The first-order valence-corrected chi connectivity index (χ1v) is 12.6. The number of fused-ring (bicyclic) bond motifs is 2. The molecule has 0 bridgehead atoms. The van der Waals surface area contributed by atoms with Crippen LogP contribution in [0.3, 0.4) is 0 Å². The van der Waals surface area contributed by atoms with Crippen molar-refractivity contribution in [2.45, 2.75) is 44.4 Å². The van der Waals surface area contributed by atoms with Crippen molar-refractivity contribution >= 4 is 21.7 Å². The summed E-state index contributed by atoms with van der Waals surface area (Å²) in [5.74, 6) is 0.911. The van der Waals surface area contributed by atoms with Crippen LogP contribution >= 0.6 is 0 Å². The molecule has 2 aliphatic heterocycles. The van der Waals surface area contributed by atoms with Crippen LogP contribution < -0.4 is 4.74 Å². The van der Waals surface area contributed by atoms with Gasteiger partial charge in [0.05, 0.1) is 17.1 Å². The molecule has 2 saturated heterocycles. The van der Waals surface area contributed by atoms with Gasteiger partial charge in [-0.2, -0.15) is 10.4 Å². The van der Waals surface area contributed by atoms with E-state index < -0.39 is 0 Å². The van der Waals surface area contributed by atoms with Gasteiger partial charge in [0.1, 0.15) is 18.1 Å². The Labute approximate surface area is 205 Å². The van der Waals surface area contributed by atoms with E-state index in [1.807, 2.05) is 22.9 Å². The normalized spacial score (nSPS) is 20.9. The fourth-order valence-electron chi connectivity index (χ4n) is 5.40. The third-order valence-corrected chi connectivity index (χ3v) is 7.46. The molecule has 35 heavy (non-hydrogen) atoms. The molecule has 2 atom stereocenters. The summed E-state index contributed by atoms with van der Waals surface area (Å²) in [5, 5.41) is 17.8. The van der Waals surface area contributed by atoms with Gasteiger partial charge in [-0.25, -0.2) is 4.68 Å². The van der Waals surface area contributed by atoms with Crippen LogP contribution in [0, 0.1) is 11.3 Å². The van der Waals surface area contributed by atoms with Gasteiger partial charge in [-0.15, -0.1) is 0 Å². The van der Waals surface area contributed by atoms with Gasteiger partial charge >= 0.3 is 0 Å². The lowest BCUT2D eigenvalue weighted by Gasteiger charge is -2.23. The van der Waals surface area contributed by atoms with Gasteiger partial charge in [-0.05, 0) is 92.9 Å². The largest absolute Gasteiger partial charge is 0.492 e. The molecule has 178 valence electrons. The minimum Gasteiger partial charge on any atom is -0.492 e. The maximum absolute atomic E-state index is 9.49. The van der Waals surface area contributed by atoms with E-state index in [9.17, 15) is 5.26 Å². The third kappa shape index (κ3) is 4.27. The first-order chi connectivity index (χ1) is 17.2. The van der Waals surface area contributed by atoms with E-state index in [0.29, 0.717) is 11.6 Å². The van der Waals surface area contributed by atoms with E-state index in [2.05, 4.69) is 54.4 Å². The minimum atomic E-state index is -0.0630. The monoisotopic (exact) mass is 466 g/mol. The molecule has 4 aromatic rings. The number of benzene rings is 3. The number of hydrogen-bond donors (Lipinski definition) is 0. The van der Waals surface area contributed by atoms with Crippen molar-refractivity contribution in [3.05, 3.63) is 60.2 Å². The summed E-state index contributed by atoms with van der Waals surface area (Å²) in [5.41, 5.74) is 3.57. The van der Waals surface area contributed by atoms with E-state index in [-0.39, 0.29) is 6.23 Å². The third-order valence-electron chi connectivity index (χ3n) is 7.46. The van der Waals surface area contributed by atoms with Crippen LogP contribution in [0.5, 0.6) is 5.75 Å². The molecule has 0 aliphatic carbocycles. The summed E-state index contributed by atoms with van der Waals surface area (Å²) >= 11 is 0. The van der Waals surface area contributed by atoms with Gasteiger partial charge < -0.3 is 14.4 Å². The quantitative estimate of drug-likeness (QED) is 0.366. The van der Waals surface area contributed by atoms with Crippen molar-refractivity contribution in [1.29, 1.82) is 5.26 Å². The topological polar surface area (TPSA) is 63.3 Å². The van der Waals surface area contributed by atoms with E-state index in [4.69, 9.17) is 14.6 Å². The highest BCUT2D eigenvalue weighted by Gasteiger charge is 2.23.